The van der Waals surface area contributed by atoms with E-state index in [4.69, 9.17) is 0 Å². The molecule has 0 bridgehead atoms. The molecule has 5 nitrogen and oxygen atoms in total. The maximum atomic E-state index is 14.2. The molecular formula is C15H20FN5. The van der Waals surface area contributed by atoms with Gasteiger partial charge in [-0.15, -0.1) is 0 Å². The van der Waals surface area contributed by atoms with E-state index in [9.17, 15) is 4.39 Å². The minimum absolute atomic E-state index is 0.300. The first-order chi connectivity index (χ1) is 10.1. The Hall–Kier alpha value is -1.95. The molecule has 2 unspecified atom stereocenters. The molecule has 2 atom stereocenters. The van der Waals surface area contributed by atoms with E-state index in [1.54, 1.807) is 6.07 Å². The zero-order valence-electron chi connectivity index (χ0n) is 12.3. The summed E-state index contributed by atoms with van der Waals surface area (Å²) in [5.41, 5.74) is 1.23. The predicted molar refractivity (Wildman–Crippen MR) is 80.1 cm³/mol. The first kappa shape index (κ1) is 14.0. The van der Waals surface area contributed by atoms with Gasteiger partial charge < -0.3 is 10.2 Å². The lowest BCUT2D eigenvalue weighted by molar-refractivity contribution is 0.190. The highest BCUT2D eigenvalue weighted by molar-refractivity contribution is 5.50. The van der Waals surface area contributed by atoms with Crippen LogP contribution in [0.25, 0.3) is 5.69 Å². The fourth-order valence-corrected chi connectivity index (χ4v) is 2.77. The molecular weight excluding hydrogens is 269 g/mol. The topological polar surface area (TPSA) is 46.0 Å². The van der Waals surface area contributed by atoms with Crippen molar-refractivity contribution in [1.29, 1.82) is 0 Å². The molecule has 0 spiro atoms. The van der Waals surface area contributed by atoms with E-state index >= 15 is 0 Å². The van der Waals surface area contributed by atoms with E-state index in [2.05, 4.69) is 34.3 Å². The Morgan fingerprint density at radius 2 is 2.24 bits per heavy atom. The summed E-state index contributed by atoms with van der Waals surface area (Å²) in [7, 11) is 2.15. The highest BCUT2D eigenvalue weighted by Crippen LogP contribution is 2.22. The van der Waals surface area contributed by atoms with Gasteiger partial charge in [0.15, 0.2) is 5.82 Å². The van der Waals surface area contributed by atoms with Gasteiger partial charge in [0.1, 0.15) is 18.3 Å². The fraction of sp³-hybridized carbons (Fsp3) is 0.467. The molecule has 0 radical (unpaired) electrons. The molecule has 0 amide bonds. The summed E-state index contributed by atoms with van der Waals surface area (Å²) >= 11 is 0. The van der Waals surface area contributed by atoms with E-state index < -0.39 is 0 Å². The molecule has 3 rings (SSSR count). The largest absolute Gasteiger partial charge is 0.382 e. The third-order valence-electron chi connectivity index (χ3n) is 4.19. The van der Waals surface area contributed by atoms with Gasteiger partial charge in [-0.05, 0) is 45.0 Å². The average molecular weight is 289 g/mol. The Balaban J connectivity index is 1.71. The van der Waals surface area contributed by atoms with Crippen molar-refractivity contribution in [3.63, 3.8) is 0 Å². The molecule has 1 aliphatic heterocycles. The molecule has 1 aromatic carbocycles. The van der Waals surface area contributed by atoms with E-state index in [1.165, 1.54) is 23.4 Å². The minimum atomic E-state index is -0.300. The first-order valence-corrected chi connectivity index (χ1v) is 7.25. The Morgan fingerprint density at radius 1 is 1.38 bits per heavy atom. The van der Waals surface area contributed by atoms with Crippen LogP contribution in [0.15, 0.2) is 30.9 Å². The number of aromatic nitrogens is 3. The second-order valence-corrected chi connectivity index (χ2v) is 5.70. The van der Waals surface area contributed by atoms with Crippen LogP contribution in [0.4, 0.5) is 10.1 Å². The van der Waals surface area contributed by atoms with Crippen molar-refractivity contribution >= 4 is 5.69 Å². The number of benzene rings is 1. The van der Waals surface area contributed by atoms with Crippen molar-refractivity contribution in [2.24, 2.45) is 0 Å². The average Bonchev–Trinajstić information content (AvgIpc) is 2.97. The number of nitrogens with zero attached hydrogens (tertiary/aromatic N) is 4. The van der Waals surface area contributed by atoms with Crippen molar-refractivity contribution < 1.29 is 4.39 Å². The van der Waals surface area contributed by atoms with Gasteiger partial charge in [-0.2, -0.15) is 5.10 Å². The normalized spacial score (nSPS) is 23.2. The number of halogens is 1. The molecule has 0 aliphatic carbocycles. The molecule has 1 aliphatic rings. The molecule has 0 saturated carbocycles. The van der Waals surface area contributed by atoms with Crippen molar-refractivity contribution in [2.45, 2.75) is 31.8 Å². The Morgan fingerprint density at radius 3 is 2.90 bits per heavy atom. The fourth-order valence-electron chi connectivity index (χ4n) is 2.77. The van der Waals surface area contributed by atoms with Crippen molar-refractivity contribution in [1.82, 2.24) is 19.7 Å². The number of anilines is 1. The SMILES string of the molecule is CC1CC(Nc2ccc(-n3cncn3)c(F)c2)CCN1C. The van der Waals surface area contributed by atoms with Crippen LogP contribution in [-0.4, -0.2) is 45.3 Å². The molecule has 1 aromatic heterocycles. The molecule has 21 heavy (non-hydrogen) atoms. The molecule has 1 fully saturated rings. The van der Waals surface area contributed by atoms with Gasteiger partial charge in [0.2, 0.25) is 0 Å². The van der Waals surface area contributed by atoms with Crippen molar-refractivity contribution in [2.75, 3.05) is 18.9 Å². The van der Waals surface area contributed by atoms with Crippen LogP contribution in [0.3, 0.4) is 0 Å². The lowest BCUT2D eigenvalue weighted by atomic mass is 9.98. The number of piperidine rings is 1. The summed E-state index contributed by atoms with van der Waals surface area (Å²) in [6, 6.07) is 6.09. The lowest BCUT2D eigenvalue weighted by Crippen LogP contribution is -2.42. The quantitative estimate of drug-likeness (QED) is 0.942. The minimum Gasteiger partial charge on any atom is -0.382 e. The number of nitrogens with one attached hydrogen (secondary N) is 1. The molecule has 112 valence electrons. The summed E-state index contributed by atoms with van der Waals surface area (Å²) in [5.74, 6) is -0.300. The summed E-state index contributed by atoms with van der Waals surface area (Å²) in [6.07, 6.45) is 5.03. The van der Waals surface area contributed by atoms with Gasteiger partial charge in [0.25, 0.3) is 0 Å². The molecule has 1 N–H and O–H groups in total. The van der Waals surface area contributed by atoms with Gasteiger partial charge >= 0.3 is 0 Å². The van der Waals surface area contributed by atoms with E-state index in [0.717, 1.165) is 25.1 Å². The van der Waals surface area contributed by atoms with Crippen molar-refractivity contribution in [3.05, 3.63) is 36.7 Å². The monoisotopic (exact) mass is 289 g/mol. The maximum absolute atomic E-state index is 14.2. The first-order valence-electron chi connectivity index (χ1n) is 7.25. The van der Waals surface area contributed by atoms with Gasteiger partial charge in [0, 0.05) is 24.3 Å². The van der Waals surface area contributed by atoms with Crippen LogP contribution in [0.5, 0.6) is 0 Å². The van der Waals surface area contributed by atoms with Crippen LogP contribution in [0.2, 0.25) is 0 Å². The standard InChI is InChI=1S/C15H20FN5/c1-11-7-13(5-6-20(11)2)19-12-3-4-15(14(16)8-12)21-10-17-9-18-21/h3-4,8-11,13,19H,5-7H2,1-2H3. The van der Waals surface area contributed by atoms with Crippen molar-refractivity contribution in [3.8, 4) is 5.69 Å². The number of likely N-dealkylation sites (tertiary alicyclic amines) is 1. The second-order valence-electron chi connectivity index (χ2n) is 5.70. The number of rotatable bonds is 3. The van der Waals surface area contributed by atoms with Gasteiger partial charge in [-0.25, -0.2) is 14.1 Å². The van der Waals surface area contributed by atoms with Crippen LogP contribution < -0.4 is 5.32 Å². The van der Waals surface area contributed by atoms with Gasteiger partial charge in [-0.3, -0.25) is 0 Å². The molecule has 6 heteroatoms. The van der Waals surface area contributed by atoms with Gasteiger partial charge in [0.05, 0.1) is 0 Å². The van der Waals surface area contributed by atoms with Crippen LogP contribution in [0, 0.1) is 5.82 Å². The number of hydrogen-bond acceptors (Lipinski definition) is 4. The summed E-state index contributed by atoms with van der Waals surface area (Å²) in [4.78, 5) is 6.19. The molecule has 1 saturated heterocycles. The summed E-state index contributed by atoms with van der Waals surface area (Å²) < 4.78 is 15.6. The van der Waals surface area contributed by atoms with Crippen LogP contribution in [0.1, 0.15) is 19.8 Å². The van der Waals surface area contributed by atoms with E-state index in [-0.39, 0.29) is 5.82 Å². The van der Waals surface area contributed by atoms with Gasteiger partial charge in [-0.1, -0.05) is 0 Å². The summed E-state index contributed by atoms with van der Waals surface area (Å²) in [5, 5.41) is 7.38. The van der Waals surface area contributed by atoms with Crippen LogP contribution >= 0.6 is 0 Å². The third-order valence-corrected chi connectivity index (χ3v) is 4.19. The predicted octanol–water partition coefficient (Wildman–Crippen LogP) is 2.30. The lowest BCUT2D eigenvalue weighted by Gasteiger charge is -2.35. The summed E-state index contributed by atoms with van der Waals surface area (Å²) in [6.45, 7) is 3.29. The highest BCUT2D eigenvalue weighted by atomic mass is 19.1. The smallest absolute Gasteiger partial charge is 0.150 e. The zero-order valence-corrected chi connectivity index (χ0v) is 12.3. The zero-order chi connectivity index (χ0) is 14.8. The van der Waals surface area contributed by atoms with Crippen LogP contribution in [-0.2, 0) is 0 Å². The Labute approximate surface area is 123 Å². The highest BCUT2D eigenvalue weighted by Gasteiger charge is 2.22. The number of hydrogen-bond donors (Lipinski definition) is 1. The Kier molecular flexibility index (Phi) is 3.88. The second kappa shape index (κ2) is 5.81. The molecule has 2 heterocycles. The third kappa shape index (κ3) is 3.05. The maximum Gasteiger partial charge on any atom is 0.150 e. The Bertz CT molecular complexity index is 598. The van der Waals surface area contributed by atoms with E-state index in [1.807, 2.05) is 6.07 Å². The van der Waals surface area contributed by atoms with E-state index in [0.29, 0.717) is 17.8 Å². The molecule has 2 aromatic rings.